The van der Waals surface area contributed by atoms with Crippen molar-refractivity contribution < 1.29 is 9.90 Å². The summed E-state index contributed by atoms with van der Waals surface area (Å²) in [6, 6.07) is 8.84. The Labute approximate surface area is 168 Å². The molecule has 3 aliphatic rings. The van der Waals surface area contributed by atoms with E-state index in [2.05, 4.69) is 23.1 Å². The van der Waals surface area contributed by atoms with Gasteiger partial charge in [0.15, 0.2) is 0 Å². The van der Waals surface area contributed by atoms with Crippen LogP contribution in [0.25, 0.3) is 0 Å². The third-order valence-electron chi connectivity index (χ3n) is 7.73. The molecule has 1 spiro atoms. The van der Waals surface area contributed by atoms with Gasteiger partial charge in [-0.3, -0.25) is 4.79 Å². The molecule has 0 atom stereocenters. The van der Waals surface area contributed by atoms with Crippen LogP contribution in [0.1, 0.15) is 75.3 Å². The molecule has 1 heterocycles. The Morgan fingerprint density at radius 1 is 1.11 bits per heavy atom. The molecule has 0 amide bonds. The lowest BCUT2D eigenvalue weighted by Gasteiger charge is -2.46. The quantitative estimate of drug-likeness (QED) is 0.767. The van der Waals surface area contributed by atoms with Crippen molar-refractivity contribution in [2.24, 2.45) is 17.3 Å². The molecule has 1 aromatic rings. The van der Waals surface area contributed by atoms with Crippen LogP contribution >= 0.6 is 0 Å². The average Bonchev–Trinajstić information content (AvgIpc) is 2.67. The summed E-state index contributed by atoms with van der Waals surface area (Å²) in [7, 11) is 0. The van der Waals surface area contributed by atoms with Crippen molar-refractivity contribution in [3.05, 3.63) is 29.3 Å². The number of hydrogen-bond donors (Lipinski definition) is 1. The minimum atomic E-state index is -0.651. The van der Waals surface area contributed by atoms with E-state index in [9.17, 15) is 10.1 Å². The summed E-state index contributed by atoms with van der Waals surface area (Å²) >= 11 is 0. The molecule has 0 radical (unpaired) electrons. The number of aliphatic carboxylic acids is 1. The number of rotatable bonds is 5. The second-order valence-electron chi connectivity index (χ2n) is 9.49. The fourth-order valence-corrected chi connectivity index (χ4v) is 5.55. The molecule has 4 heteroatoms. The minimum absolute atomic E-state index is 0.335. The van der Waals surface area contributed by atoms with Gasteiger partial charge in [0.25, 0.3) is 0 Å². The maximum absolute atomic E-state index is 11.0. The number of benzene rings is 1. The molecular weight excluding hydrogens is 348 g/mol. The summed E-state index contributed by atoms with van der Waals surface area (Å²) in [4.78, 5) is 13.4. The summed E-state index contributed by atoms with van der Waals surface area (Å²) in [5.74, 6) is 0.558. The highest BCUT2D eigenvalue weighted by Gasteiger charge is 2.38. The van der Waals surface area contributed by atoms with Crippen LogP contribution in [0, 0.1) is 28.6 Å². The van der Waals surface area contributed by atoms with Crippen LogP contribution in [-0.2, 0) is 11.2 Å². The Kier molecular flexibility index (Phi) is 5.62. The summed E-state index contributed by atoms with van der Waals surface area (Å²) in [6.07, 6.45) is 12.4. The van der Waals surface area contributed by atoms with E-state index in [0.29, 0.717) is 17.8 Å². The summed E-state index contributed by atoms with van der Waals surface area (Å²) in [6.45, 7) is 2.04. The molecule has 0 aromatic heterocycles. The molecule has 150 valence electrons. The van der Waals surface area contributed by atoms with Crippen LogP contribution < -0.4 is 4.90 Å². The Morgan fingerprint density at radius 3 is 2.39 bits per heavy atom. The number of piperidine rings is 1. The van der Waals surface area contributed by atoms with Gasteiger partial charge in [0.05, 0.1) is 11.3 Å². The van der Waals surface area contributed by atoms with Crippen LogP contribution in [0.4, 0.5) is 5.69 Å². The number of carbonyl (C=O) groups is 1. The zero-order valence-electron chi connectivity index (χ0n) is 16.8. The maximum atomic E-state index is 11.0. The van der Waals surface area contributed by atoms with Crippen LogP contribution in [0.3, 0.4) is 0 Å². The first-order chi connectivity index (χ1) is 13.6. The van der Waals surface area contributed by atoms with Crippen molar-refractivity contribution in [2.45, 2.75) is 70.6 Å². The molecule has 0 unspecified atom stereocenters. The van der Waals surface area contributed by atoms with Gasteiger partial charge in [0.1, 0.15) is 6.07 Å². The van der Waals surface area contributed by atoms with Gasteiger partial charge in [0, 0.05) is 19.5 Å². The van der Waals surface area contributed by atoms with Crippen molar-refractivity contribution in [3.63, 3.8) is 0 Å². The third kappa shape index (κ3) is 4.19. The van der Waals surface area contributed by atoms with Crippen molar-refractivity contribution in [3.8, 4) is 6.07 Å². The molecule has 4 rings (SSSR count). The molecule has 2 saturated carbocycles. The number of carboxylic acid groups (broad SMARTS) is 1. The second-order valence-corrected chi connectivity index (χ2v) is 9.49. The van der Waals surface area contributed by atoms with E-state index in [4.69, 9.17) is 5.11 Å². The van der Waals surface area contributed by atoms with Crippen LogP contribution in [0.2, 0.25) is 0 Å². The number of carboxylic acids is 1. The number of nitriles is 1. The molecule has 3 fully saturated rings. The molecule has 1 N–H and O–H groups in total. The highest BCUT2D eigenvalue weighted by atomic mass is 16.4. The standard InChI is InChI=1S/C24H32N2O2/c25-17-21-5-4-20(14-18-2-1-3-18)15-22(21)26-12-10-24(11-13-26)8-6-19(7-9-24)16-23(27)28/h4-5,15,18-19H,1-3,6-14,16H2,(H,27,28). The Balaban J connectivity index is 1.39. The van der Waals surface area contributed by atoms with E-state index in [-0.39, 0.29) is 0 Å². The van der Waals surface area contributed by atoms with E-state index in [0.717, 1.165) is 49.5 Å². The largest absolute Gasteiger partial charge is 0.481 e. The molecule has 4 nitrogen and oxygen atoms in total. The van der Waals surface area contributed by atoms with Gasteiger partial charge in [-0.2, -0.15) is 5.26 Å². The first-order valence-electron chi connectivity index (χ1n) is 11.1. The number of anilines is 1. The zero-order chi connectivity index (χ0) is 19.6. The molecular formula is C24H32N2O2. The fraction of sp³-hybridized carbons (Fsp3) is 0.667. The van der Waals surface area contributed by atoms with Crippen LogP contribution in [-0.4, -0.2) is 24.2 Å². The Hall–Kier alpha value is -2.02. The molecule has 28 heavy (non-hydrogen) atoms. The minimum Gasteiger partial charge on any atom is -0.481 e. The van der Waals surface area contributed by atoms with E-state index in [1.807, 2.05) is 6.07 Å². The van der Waals surface area contributed by atoms with E-state index in [1.54, 1.807) is 0 Å². The first-order valence-corrected chi connectivity index (χ1v) is 11.1. The van der Waals surface area contributed by atoms with E-state index in [1.165, 1.54) is 50.5 Å². The highest BCUT2D eigenvalue weighted by Crippen LogP contribution is 2.47. The second kappa shape index (κ2) is 8.15. The molecule has 1 saturated heterocycles. The number of hydrogen-bond acceptors (Lipinski definition) is 3. The normalized spacial score (nSPS) is 22.6. The van der Waals surface area contributed by atoms with Crippen molar-refractivity contribution >= 4 is 11.7 Å². The third-order valence-corrected chi connectivity index (χ3v) is 7.73. The van der Waals surface area contributed by atoms with Gasteiger partial charge in [-0.15, -0.1) is 0 Å². The molecule has 1 aliphatic heterocycles. The SMILES string of the molecule is N#Cc1ccc(CC2CCC2)cc1N1CCC2(CCC(CC(=O)O)CC2)CC1. The molecule has 1 aromatic carbocycles. The maximum Gasteiger partial charge on any atom is 0.303 e. The van der Waals surface area contributed by atoms with Gasteiger partial charge in [-0.05, 0) is 79.9 Å². The Bertz CT molecular complexity index is 744. The Morgan fingerprint density at radius 2 is 1.82 bits per heavy atom. The van der Waals surface area contributed by atoms with Crippen LogP contribution in [0.15, 0.2) is 18.2 Å². The lowest BCUT2D eigenvalue weighted by Crippen LogP contribution is -2.42. The van der Waals surface area contributed by atoms with Gasteiger partial charge in [-0.25, -0.2) is 0 Å². The van der Waals surface area contributed by atoms with Crippen molar-refractivity contribution in [1.82, 2.24) is 0 Å². The van der Waals surface area contributed by atoms with E-state index < -0.39 is 5.97 Å². The average molecular weight is 381 g/mol. The fourth-order valence-electron chi connectivity index (χ4n) is 5.55. The zero-order valence-corrected chi connectivity index (χ0v) is 16.8. The van der Waals surface area contributed by atoms with Crippen LogP contribution in [0.5, 0.6) is 0 Å². The van der Waals surface area contributed by atoms with Gasteiger partial charge in [0.2, 0.25) is 0 Å². The van der Waals surface area contributed by atoms with Gasteiger partial charge in [-0.1, -0.05) is 25.3 Å². The smallest absolute Gasteiger partial charge is 0.303 e. The first kappa shape index (κ1) is 19.3. The van der Waals surface area contributed by atoms with Crippen molar-refractivity contribution in [1.29, 1.82) is 5.26 Å². The monoisotopic (exact) mass is 380 g/mol. The van der Waals surface area contributed by atoms with Gasteiger partial charge >= 0.3 is 5.97 Å². The number of nitrogens with zero attached hydrogens (tertiary/aromatic N) is 2. The molecule has 0 bridgehead atoms. The van der Waals surface area contributed by atoms with Gasteiger partial charge < -0.3 is 10.0 Å². The summed E-state index contributed by atoms with van der Waals surface area (Å²) in [5.41, 5.74) is 3.72. The predicted octanol–water partition coefficient (Wildman–Crippen LogP) is 5.15. The summed E-state index contributed by atoms with van der Waals surface area (Å²) < 4.78 is 0. The predicted molar refractivity (Wildman–Crippen MR) is 110 cm³/mol. The topological polar surface area (TPSA) is 64.3 Å². The lowest BCUT2D eigenvalue weighted by molar-refractivity contribution is -0.138. The molecule has 2 aliphatic carbocycles. The highest BCUT2D eigenvalue weighted by molar-refractivity contribution is 5.67. The lowest BCUT2D eigenvalue weighted by atomic mass is 9.65. The summed E-state index contributed by atoms with van der Waals surface area (Å²) in [5, 5.41) is 18.6. The van der Waals surface area contributed by atoms with Crippen molar-refractivity contribution in [2.75, 3.05) is 18.0 Å². The van der Waals surface area contributed by atoms with E-state index >= 15 is 0 Å².